The van der Waals surface area contributed by atoms with Gasteiger partial charge in [-0.15, -0.1) is 0 Å². The molecule has 1 saturated carbocycles. The van der Waals surface area contributed by atoms with Crippen molar-refractivity contribution in [3.8, 4) is 17.7 Å². The molecular formula is C26H30FN3O5S. The SMILES string of the molecule is C[C@H]1CN([C@@H](C)CO)C(=O)c2cc(C#CC3CC3)cnc2O[C@@H]1CN(C)S(=O)(=O)c1cccc(F)c1. The fourth-order valence-corrected chi connectivity index (χ4v) is 5.18. The molecule has 1 fully saturated rings. The zero-order valence-electron chi connectivity index (χ0n) is 20.5. The van der Waals surface area contributed by atoms with E-state index in [0.717, 1.165) is 23.2 Å². The predicted molar refractivity (Wildman–Crippen MR) is 131 cm³/mol. The minimum atomic E-state index is -3.99. The van der Waals surface area contributed by atoms with E-state index in [1.165, 1.54) is 31.4 Å². The van der Waals surface area contributed by atoms with Crippen LogP contribution in [-0.2, 0) is 10.0 Å². The van der Waals surface area contributed by atoms with Crippen LogP contribution < -0.4 is 4.74 Å². The third-order valence-electron chi connectivity index (χ3n) is 6.46. The maximum atomic E-state index is 13.7. The van der Waals surface area contributed by atoms with Gasteiger partial charge in [0.2, 0.25) is 15.9 Å². The Bertz CT molecular complexity index is 1300. The van der Waals surface area contributed by atoms with Crippen molar-refractivity contribution in [1.82, 2.24) is 14.2 Å². The molecule has 192 valence electrons. The lowest BCUT2D eigenvalue weighted by Crippen LogP contribution is -2.50. The summed E-state index contributed by atoms with van der Waals surface area (Å²) in [5.74, 6) is 5.39. The third kappa shape index (κ3) is 5.69. The molecule has 1 aliphatic heterocycles. The van der Waals surface area contributed by atoms with Gasteiger partial charge in [-0.2, -0.15) is 4.31 Å². The number of likely N-dealkylation sites (N-methyl/N-ethyl adjacent to an activating group) is 1. The molecule has 36 heavy (non-hydrogen) atoms. The van der Waals surface area contributed by atoms with Gasteiger partial charge in [-0.3, -0.25) is 4.79 Å². The minimum absolute atomic E-state index is 0.0556. The topological polar surface area (TPSA) is 100 Å². The fourth-order valence-electron chi connectivity index (χ4n) is 3.96. The smallest absolute Gasteiger partial charge is 0.259 e. The first-order valence-corrected chi connectivity index (χ1v) is 13.4. The lowest BCUT2D eigenvalue weighted by Gasteiger charge is -2.37. The van der Waals surface area contributed by atoms with Crippen LogP contribution in [0.4, 0.5) is 4.39 Å². The van der Waals surface area contributed by atoms with E-state index in [-0.39, 0.29) is 47.9 Å². The Balaban J connectivity index is 1.66. The van der Waals surface area contributed by atoms with Gasteiger partial charge in [-0.25, -0.2) is 17.8 Å². The van der Waals surface area contributed by atoms with Gasteiger partial charge in [0.25, 0.3) is 5.91 Å². The number of hydrogen-bond acceptors (Lipinski definition) is 6. The number of aliphatic hydroxyl groups is 1. The van der Waals surface area contributed by atoms with Crippen LogP contribution in [0.15, 0.2) is 41.4 Å². The standard InChI is InChI=1S/C26H30FN3O5S/c1-17-14-30(18(2)16-31)26(32)23-11-20(10-9-19-7-8-19)13-28-25(23)35-24(17)15-29(3)36(33,34)22-6-4-5-21(27)12-22/h4-6,11-13,17-19,24,31H,7-8,14-16H2,1-3H3/t17-,18-,24+/m0/s1. The Morgan fingerprint density at radius 1 is 1.33 bits per heavy atom. The van der Waals surface area contributed by atoms with Crippen molar-refractivity contribution in [3.63, 3.8) is 0 Å². The summed E-state index contributed by atoms with van der Waals surface area (Å²) in [4.78, 5) is 19.2. The Labute approximate surface area is 211 Å². The number of hydrogen-bond donors (Lipinski definition) is 1. The summed E-state index contributed by atoms with van der Waals surface area (Å²) in [6, 6.07) is 5.99. The number of rotatable bonds is 6. The number of halogens is 1. The lowest BCUT2D eigenvalue weighted by atomic mass is 10.0. The molecule has 1 aromatic heterocycles. The number of sulfonamides is 1. The van der Waals surface area contributed by atoms with E-state index in [0.29, 0.717) is 11.5 Å². The van der Waals surface area contributed by atoms with Crippen LogP contribution in [0.5, 0.6) is 5.88 Å². The first kappa shape index (κ1) is 26.1. The highest BCUT2D eigenvalue weighted by Gasteiger charge is 2.36. The fraction of sp³-hybridized carbons (Fsp3) is 0.462. The van der Waals surface area contributed by atoms with E-state index in [9.17, 15) is 22.7 Å². The molecule has 2 aliphatic rings. The Hall–Kier alpha value is -3.00. The number of aromatic nitrogens is 1. The maximum absolute atomic E-state index is 13.7. The number of pyridine rings is 1. The van der Waals surface area contributed by atoms with Crippen LogP contribution in [-0.4, -0.2) is 72.5 Å². The van der Waals surface area contributed by atoms with Gasteiger partial charge in [0.1, 0.15) is 17.5 Å². The highest BCUT2D eigenvalue weighted by molar-refractivity contribution is 7.89. The van der Waals surface area contributed by atoms with Gasteiger partial charge in [0, 0.05) is 37.2 Å². The number of carbonyl (C=O) groups excluding carboxylic acids is 1. The van der Waals surface area contributed by atoms with Crippen molar-refractivity contribution < 1.29 is 27.4 Å². The number of nitrogens with zero attached hydrogens (tertiary/aromatic N) is 3. The molecule has 1 N–H and O–H groups in total. The average Bonchev–Trinajstić information content (AvgIpc) is 3.69. The summed E-state index contributed by atoms with van der Waals surface area (Å²) >= 11 is 0. The summed E-state index contributed by atoms with van der Waals surface area (Å²) in [5.41, 5.74) is 0.801. The summed E-state index contributed by atoms with van der Waals surface area (Å²) in [6.45, 7) is 3.53. The largest absolute Gasteiger partial charge is 0.472 e. The van der Waals surface area contributed by atoms with E-state index in [4.69, 9.17) is 4.74 Å². The Morgan fingerprint density at radius 3 is 2.75 bits per heavy atom. The number of ether oxygens (including phenoxy) is 1. The molecule has 3 atom stereocenters. The summed E-state index contributed by atoms with van der Waals surface area (Å²) in [7, 11) is -2.59. The minimum Gasteiger partial charge on any atom is -0.472 e. The zero-order chi connectivity index (χ0) is 26.0. The molecule has 0 spiro atoms. The molecule has 8 nitrogen and oxygen atoms in total. The summed E-state index contributed by atoms with van der Waals surface area (Å²) in [6.07, 6.45) is 3.01. The zero-order valence-corrected chi connectivity index (χ0v) is 21.3. The van der Waals surface area contributed by atoms with Gasteiger partial charge in [0.05, 0.1) is 24.1 Å². The Kier molecular flexibility index (Phi) is 7.64. The van der Waals surface area contributed by atoms with Gasteiger partial charge >= 0.3 is 0 Å². The van der Waals surface area contributed by atoms with Crippen molar-refractivity contribution in [2.24, 2.45) is 11.8 Å². The number of amides is 1. The van der Waals surface area contributed by atoms with Crippen molar-refractivity contribution in [2.75, 3.05) is 26.7 Å². The second-order valence-electron chi connectivity index (χ2n) is 9.49. The number of benzene rings is 1. The number of aliphatic hydroxyl groups excluding tert-OH is 1. The first-order valence-electron chi connectivity index (χ1n) is 11.9. The van der Waals surface area contributed by atoms with Crippen LogP contribution in [0.3, 0.4) is 0 Å². The second kappa shape index (κ2) is 10.5. The van der Waals surface area contributed by atoms with Crippen LogP contribution >= 0.6 is 0 Å². The van der Waals surface area contributed by atoms with Gasteiger partial charge in [0.15, 0.2) is 0 Å². The maximum Gasteiger partial charge on any atom is 0.259 e. The highest BCUT2D eigenvalue weighted by Crippen LogP contribution is 2.29. The molecule has 2 aromatic rings. The van der Waals surface area contributed by atoms with Crippen LogP contribution in [0.1, 0.15) is 42.6 Å². The molecule has 0 saturated heterocycles. The molecule has 2 heterocycles. The average molecular weight is 516 g/mol. The highest BCUT2D eigenvalue weighted by atomic mass is 32.2. The Morgan fingerprint density at radius 2 is 2.08 bits per heavy atom. The van der Waals surface area contributed by atoms with E-state index in [2.05, 4.69) is 16.8 Å². The monoisotopic (exact) mass is 515 g/mol. The normalized spacial score (nSPS) is 21.1. The molecule has 1 amide bonds. The van der Waals surface area contributed by atoms with Crippen molar-refractivity contribution >= 4 is 15.9 Å². The molecule has 1 aliphatic carbocycles. The number of fused-ring (bicyclic) bond motifs is 1. The van der Waals surface area contributed by atoms with Crippen LogP contribution in [0.2, 0.25) is 0 Å². The summed E-state index contributed by atoms with van der Waals surface area (Å²) < 4.78 is 47.1. The summed E-state index contributed by atoms with van der Waals surface area (Å²) in [5, 5.41) is 9.79. The van der Waals surface area contributed by atoms with E-state index in [1.54, 1.807) is 17.9 Å². The molecule has 0 bridgehead atoms. The molecule has 4 rings (SSSR count). The van der Waals surface area contributed by atoms with Gasteiger partial charge in [-0.1, -0.05) is 24.8 Å². The number of carbonyl (C=O) groups is 1. The molecule has 0 radical (unpaired) electrons. The lowest BCUT2D eigenvalue weighted by molar-refractivity contribution is 0.0373. The third-order valence-corrected chi connectivity index (χ3v) is 8.28. The second-order valence-corrected chi connectivity index (χ2v) is 11.5. The molecule has 1 aromatic carbocycles. The quantitative estimate of drug-likeness (QED) is 0.594. The predicted octanol–water partition coefficient (Wildman–Crippen LogP) is 2.52. The first-order chi connectivity index (χ1) is 17.1. The van der Waals surface area contributed by atoms with Crippen molar-refractivity contribution in [3.05, 3.63) is 53.5 Å². The molecule has 0 unspecified atom stereocenters. The van der Waals surface area contributed by atoms with Crippen LogP contribution in [0, 0.1) is 29.5 Å². The van der Waals surface area contributed by atoms with E-state index in [1.807, 2.05) is 6.92 Å². The molecular weight excluding hydrogens is 485 g/mol. The van der Waals surface area contributed by atoms with Gasteiger partial charge < -0.3 is 14.7 Å². The molecule has 10 heteroatoms. The van der Waals surface area contributed by atoms with Crippen molar-refractivity contribution in [1.29, 1.82) is 0 Å². The van der Waals surface area contributed by atoms with Gasteiger partial charge in [-0.05, 0) is 44.0 Å². The van der Waals surface area contributed by atoms with Crippen LogP contribution in [0.25, 0.3) is 0 Å². The van der Waals surface area contributed by atoms with E-state index >= 15 is 0 Å². The van der Waals surface area contributed by atoms with E-state index < -0.39 is 28.0 Å². The van der Waals surface area contributed by atoms with Crippen molar-refractivity contribution in [2.45, 2.75) is 43.7 Å².